The van der Waals surface area contributed by atoms with E-state index in [1.807, 2.05) is 18.2 Å². The van der Waals surface area contributed by atoms with Gasteiger partial charge in [-0.3, -0.25) is 0 Å². The second-order valence-electron chi connectivity index (χ2n) is 4.29. The Labute approximate surface area is 110 Å². The summed E-state index contributed by atoms with van der Waals surface area (Å²) in [4.78, 5) is 0. The molecule has 0 saturated heterocycles. The quantitative estimate of drug-likeness (QED) is 0.800. The van der Waals surface area contributed by atoms with Gasteiger partial charge in [0.05, 0.1) is 5.92 Å². The fraction of sp³-hybridized carbons (Fsp3) is 0.385. The zero-order chi connectivity index (χ0) is 12.4. The molecule has 2 heterocycles. The number of alkyl halides is 1. The van der Waals surface area contributed by atoms with E-state index in [0.29, 0.717) is 30.7 Å². The number of nitrogens with zero attached hydrogens (tertiary/aromatic N) is 2. The Bertz CT molecular complexity index is 541. The molecule has 1 aromatic heterocycles. The molecule has 0 radical (unpaired) electrons. The number of benzene rings is 1. The van der Waals surface area contributed by atoms with Crippen molar-refractivity contribution in [3.8, 4) is 5.75 Å². The van der Waals surface area contributed by atoms with Crippen LogP contribution in [0, 0.1) is 0 Å². The van der Waals surface area contributed by atoms with Gasteiger partial charge in [0.2, 0.25) is 11.8 Å². The molecule has 94 valence electrons. The van der Waals surface area contributed by atoms with Crippen LogP contribution in [0.2, 0.25) is 0 Å². The SMILES string of the molecule is ClCCc1nnc(C2COc3ccccc3C2)o1. The number of para-hydroxylation sites is 1. The summed E-state index contributed by atoms with van der Waals surface area (Å²) >= 11 is 5.65. The van der Waals surface area contributed by atoms with Crippen LogP contribution in [0.1, 0.15) is 23.3 Å². The van der Waals surface area contributed by atoms with Crippen molar-refractivity contribution < 1.29 is 9.15 Å². The van der Waals surface area contributed by atoms with Crippen molar-refractivity contribution in [3.63, 3.8) is 0 Å². The summed E-state index contributed by atoms with van der Waals surface area (Å²) in [6, 6.07) is 8.04. The average Bonchev–Trinajstić information content (AvgIpc) is 2.87. The fourth-order valence-corrected chi connectivity index (χ4v) is 2.26. The molecule has 0 spiro atoms. The highest BCUT2D eigenvalue weighted by Crippen LogP contribution is 2.31. The van der Waals surface area contributed by atoms with Gasteiger partial charge in [0, 0.05) is 12.3 Å². The number of ether oxygens (including phenoxy) is 1. The molecule has 18 heavy (non-hydrogen) atoms. The van der Waals surface area contributed by atoms with Crippen LogP contribution in [0.5, 0.6) is 5.75 Å². The second kappa shape index (κ2) is 4.98. The molecule has 0 amide bonds. The molecule has 1 aliphatic heterocycles. The highest BCUT2D eigenvalue weighted by molar-refractivity contribution is 6.17. The molecule has 5 heteroatoms. The maximum Gasteiger partial charge on any atom is 0.223 e. The first-order chi connectivity index (χ1) is 8.86. The molecule has 0 saturated carbocycles. The van der Waals surface area contributed by atoms with Gasteiger partial charge in [-0.1, -0.05) is 18.2 Å². The lowest BCUT2D eigenvalue weighted by molar-refractivity contribution is 0.239. The molecule has 0 bridgehead atoms. The summed E-state index contributed by atoms with van der Waals surface area (Å²) < 4.78 is 11.3. The van der Waals surface area contributed by atoms with Crippen LogP contribution >= 0.6 is 11.6 Å². The van der Waals surface area contributed by atoms with E-state index in [1.54, 1.807) is 0 Å². The Morgan fingerprint density at radius 3 is 3.06 bits per heavy atom. The summed E-state index contributed by atoms with van der Waals surface area (Å²) in [6.45, 7) is 0.583. The number of hydrogen-bond donors (Lipinski definition) is 0. The Morgan fingerprint density at radius 2 is 2.17 bits per heavy atom. The highest BCUT2D eigenvalue weighted by Gasteiger charge is 2.25. The average molecular weight is 265 g/mol. The van der Waals surface area contributed by atoms with E-state index in [2.05, 4.69) is 16.3 Å². The number of rotatable bonds is 3. The number of aromatic nitrogens is 2. The molecule has 1 atom stereocenters. The number of hydrogen-bond acceptors (Lipinski definition) is 4. The fourth-order valence-electron chi connectivity index (χ4n) is 2.10. The van der Waals surface area contributed by atoms with Crippen molar-refractivity contribution in [2.45, 2.75) is 18.8 Å². The Balaban J connectivity index is 1.78. The van der Waals surface area contributed by atoms with Crippen LogP contribution in [0.15, 0.2) is 28.7 Å². The Hall–Kier alpha value is -1.55. The van der Waals surface area contributed by atoms with Gasteiger partial charge in [0.1, 0.15) is 12.4 Å². The zero-order valence-corrected chi connectivity index (χ0v) is 10.6. The summed E-state index contributed by atoms with van der Waals surface area (Å²) in [7, 11) is 0. The van der Waals surface area contributed by atoms with Crippen molar-refractivity contribution in [3.05, 3.63) is 41.6 Å². The van der Waals surface area contributed by atoms with Gasteiger partial charge < -0.3 is 9.15 Å². The Morgan fingerprint density at radius 1 is 1.28 bits per heavy atom. The maximum absolute atomic E-state index is 5.71. The molecule has 1 aliphatic rings. The minimum Gasteiger partial charge on any atom is -0.492 e. The second-order valence-corrected chi connectivity index (χ2v) is 4.67. The standard InChI is InChI=1S/C13H13ClN2O2/c14-6-5-12-15-16-13(18-12)10-7-9-3-1-2-4-11(9)17-8-10/h1-4,10H,5-8H2. The minimum atomic E-state index is 0.136. The van der Waals surface area contributed by atoms with Gasteiger partial charge in [-0.2, -0.15) is 0 Å². The predicted molar refractivity (Wildman–Crippen MR) is 67.1 cm³/mol. The van der Waals surface area contributed by atoms with E-state index in [4.69, 9.17) is 20.8 Å². The van der Waals surface area contributed by atoms with Crippen LogP contribution in [-0.4, -0.2) is 22.7 Å². The molecule has 4 nitrogen and oxygen atoms in total. The van der Waals surface area contributed by atoms with Crippen LogP contribution in [0.4, 0.5) is 0 Å². The number of fused-ring (bicyclic) bond motifs is 1. The van der Waals surface area contributed by atoms with E-state index < -0.39 is 0 Å². The van der Waals surface area contributed by atoms with E-state index in [-0.39, 0.29) is 5.92 Å². The third kappa shape index (κ3) is 2.20. The van der Waals surface area contributed by atoms with Crippen molar-refractivity contribution >= 4 is 11.6 Å². The largest absolute Gasteiger partial charge is 0.492 e. The lowest BCUT2D eigenvalue weighted by Gasteiger charge is -2.22. The minimum absolute atomic E-state index is 0.136. The topological polar surface area (TPSA) is 48.2 Å². The summed E-state index contributed by atoms with van der Waals surface area (Å²) in [5.74, 6) is 2.82. The molecule has 0 N–H and O–H groups in total. The van der Waals surface area contributed by atoms with Gasteiger partial charge in [0.15, 0.2) is 0 Å². The first-order valence-corrected chi connectivity index (χ1v) is 6.49. The molecule has 0 aliphatic carbocycles. The monoisotopic (exact) mass is 264 g/mol. The van der Waals surface area contributed by atoms with E-state index in [0.717, 1.165) is 12.2 Å². The molecule has 3 rings (SSSR count). The van der Waals surface area contributed by atoms with Crippen LogP contribution in [0.3, 0.4) is 0 Å². The van der Waals surface area contributed by atoms with E-state index in [9.17, 15) is 0 Å². The van der Waals surface area contributed by atoms with Gasteiger partial charge in [-0.05, 0) is 18.1 Å². The summed E-state index contributed by atoms with van der Waals surface area (Å²) in [5.41, 5.74) is 1.19. The predicted octanol–water partition coefficient (Wildman–Crippen LogP) is 2.57. The molecular formula is C13H13ClN2O2. The van der Waals surface area contributed by atoms with Gasteiger partial charge in [0.25, 0.3) is 0 Å². The van der Waals surface area contributed by atoms with Gasteiger partial charge in [-0.25, -0.2) is 0 Å². The molecule has 1 aromatic carbocycles. The lowest BCUT2D eigenvalue weighted by atomic mass is 9.97. The first-order valence-electron chi connectivity index (χ1n) is 5.96. The maximum atomic E-state index is 5.71. The highest BCUT2D eigenvalue weighted by atomic mass is 35.5. The summed E-state index contributed by atoms with van der Waals surface area (Å²) in [5, 5.41) is 8.06. The number of aryl methyl sites for hydroxylation is 1. The smallest absolute Gasteiger partial charge is 0.223 e. The lowest BCUT2D eigenvalue weighted by Crippen LogP contribution is -2.19. The van der Waals surface area contributed by atoms with Crippen molar-refractivity contribution in [2.75, 3.05) is 12.5 Å². The summed E-state index contributed by atoms with van der Waals surface area (Å²) in [6.07, 6.45) is 1.48. The van der Waals surface area contributed by atoms with E-state index >= 15 is 0 Å². The molecule has 1 unspecified atom stereocenters. The van der Waals surface area contributed by atoms with Crippen LogP contribution in [0.25, 0.3) is 0 Å². The Kier molecular flexibility index (Phi) is 3.19. The zero-order valence-electron chi connectivity index (χ0n) is 9.80. The van der Waals surface area contributed by atoms with E-state index in [1.165, 1.54) is 5.56 Å². The molecule has 0 fully saturated rings. The van der Waals surface area contributed by atoms with Gasteiger partial charge in [-0.15, -0.1) is 21.8 Å². The van der Waals surface area contributed by atoms with Crippen molar-refractivity contribution in [1.29, 1.82) is 0 Å². The van der Waals surface area contributed by atoms with Crippen LogP contribution in [-0.2, 0) is 12.8 Å². The number of halogens is 1. The third-order valence-electron chi connectivity index (χ3n) is 3.02. The first kappa shape index (κ1) is 11.5. The van der Waals surface area contributed by atoms with Crippen molar-refractivity contribution in [2.24, 2.45) is 0 Å². The van der Waals surface area contributed by atoms with Gasteiger partial charge >= 0.3 is 0 Å². The molecule has 2 aromatic rings. The molecular weight excluding hydrogens is 252 g/mol. The van der Waals surface area contributed by atoms with Crippen molar-refractivity contribution in [1.82, 2.24) is 10.2 Å². The third-order valence-corrected chi connectivity index (χ3v) is 3.21. The van der Waals surface area contributed by atoms with Crippen LogP contribution < -0.4 is 4.74 Å². The normalized spacial score (nSPS) is 18.2.